The van der Waals surface area contributed by atoms with Crippen molar-refractivity contribution < 1.29 is 19.4 Å². The molecule has 0 spiro atoms. The van der Waals surface area contributed by atoms with Gasteiger partial charge in [0, 0.05) is 11.7 Å². The maximum absolute atomic E-state index is 12.4. The minimum atomic E-state index is -1.01. The summed E-state index contributed by atoms with van der Waals surface area (Å²) >= 11 is 0. The third-order valence-electron chi connectivity index (χ3n) is 4.19. The Morgan fingerprint density at radius 3 is 2.62 bits per heavy atom. The molecule has 2 atom stereocenters. The summed E-state index contributed by atoms with van der Waals surface area (Å²) in [4.78, 5) is 23.6. The Morgan fingerprint density at radius 1 is 1.43 bits per heavy atom. The summed E-state index contributed by atoms with van der Waals surface area (Å²) in [5, 5.41) is 12.0. The molecule has 1 amide bonds. The molecule has 1 aliphatic rings. The summed E-state index contributed by atoms with van der Waals surface area (Å²) < 4.78 is 5.26. The minimum absolute atomic E-state index is 0.183. The Hall–Kier alpha value is -1.92. The van der Waals surface area contributed by atoms with Gasteiger partial charge in [-0.25, -0.2) is 4.79 Å². The van der Waals surface area contributed by atoms with E-state index in [1.54, 1.807) is 19.9 Å². The molecule has 0 aliphatic carbocycles. The van der Waals surface area contributed by atoms with E-state index >= 15 is 0 Å². The van der Waals surface area contributed by atoms with Crippen LogP contribution in [0, 0.1) is 19.3 Å². The summed E-state index contributed by atoms with van der Waals surface area (Å²) in [7, 11) is 0. The molecule has 2 rings (SSSR count). The van der Waals surface area contributed by atoms with E-state index in [9.17, 15) is 14.7 Å². The van der Waals surface area contributed by atoms with Crippen molar-refractivity contribution in [2.24, 2.45) is 11.1 Å². The maximum Gasteiger partial charge on any atom is 0.336 e. The number of hydrogen-bond donors (Lipinski definition) is 3. The van der Waals surface area contributed by atoms with Crippen molar-refractivity contribution in [3.05, 3.63) is 28.8 Å². The summed E-state index contributed by atoms with van der Waals surface area (Å²) in [6.45, 7) is 5.91. The quantitative estimate of drug-likeness (QED) is 0.779. The Kier molecular flexibility index (Phi) is 4.02. The van der Waals surface area contributed by atoms with Crippen LogP contribution in [0.25, 0.3) is 0 Å². The summed E-state index contributed by atoms with van der Waals surface area (Å²) in [6, 6.07) is 2.85. The third kappa shape index (κ3) is 2.77. The predicted molar refractivity (Wildman–Crippen MR) is 78.4 cm³/mol. The zero-order valence-corrected chi connectivity index (χ0v) is 12.4. The molecular weight excluding hydrogens is 272 g/mol. The number of aromatic carboxylic acids is 1. The van der Waals surface area contributed by atoms with Crippen LogP contribution in [0.4, 0.5) is 5.69 Å². The number of nitrogens with two attached hydrogens (primary N) is 1. The first kappa shape index (κ1) is 15.5. The first-order valence-corrected chi connectivity index (χ1v) is 6.75. The Morgan fingerprint density at radius 2 is 2.10 bits per heavy atom. The number of carbonyl (C=O) groups is 2. The Bertz CT molecular complexity index is 600. The molecule has 0 radical (unpaired) electrons. The van der Waals surface area contributed by atoms with Crippen LogP contribution >= 0.6 is 0 Å². The van der Waals surface area contributed by atoms with Gasteiger partial charge in [-0.15, -0.1) is 0 Å². The topological polar surface area (TPSA) is 102 Å². The molecular formula is C15H20N2O4. The lowest BCUT2D eigenvalue weighted by Crippen LogP contribution is -2.47. The molecule has 1 aromatic carbocycles. The van der Waals surface area contributed by atoms with Gasteiger partial charge >= 0.3 is 5.97 Å². The van der Waals surface area contributed by atoms with E-state index < -0.39 is 11.4 Å². The highest BCUT2D eigenvalue weighted by atomic mass is 16.5. The van der Waals surface area contributed by atoms with Gasteiger partial charge in [-0.05, 0) is 44.0 Å². The highest BCUT2D eigenvalue weighted by Crippen LogP contribution is 2.29. The third-order valence-corrected chi connectivity index (χ3v) is 4.19. The van der Waals surface area contributed by atoms with Crippen molar-refractivity contribution in [2.45, 2.75) is 26.8 Å². The highest BCUT2D eigenvalue weighted by molar-refractivity contribution is 5.98. The molecule has 1 saturated heterocycles. The van der Waals surface area contributed by atoms with Crippen LogP contribution in [0.1, 0.15) is 28.4 Å². The number of aryl methyl sites for hydroxylation is 1. The molecule has 1 fully saturated rings. The predicted octanol–water partition coefficient (Wildman–Crippen LogP) is 1.30. The van der Waals surface area contributed by atoms with Gasteiger partial charge in [0.1, 0.15) is 0 Å². The zero-order chi connectivity index (χ0) is 15.8. The van der Waals surface area contributed by atoms with E-state index in [4.69, 9.17) is 10.5 Å². The second-order valence-electron chi connectivity index (χ2n) is 5.76. The largest absolute Gasteiger partial charge is 0.478 e. The second-order valence-corrected chi connectivity index (χ2v) is 5.76. The SMILES string of the molecule is Cc1cc(NC(=O)C2(C)COCC2N)cc(C(=O)O)c1C. The van der Waals surface area contributed by atoms with Gasteiger partial charge in [-0.1, -0.05) is 0 Å². The molecule has 21 heavy (non-hydrogen) atoms. The molecule has 4 N–H and O–H groups in total. The van der Waals surface area contributed by atoms with Crippen molar-refractivity contribution in [3.8, 4) is 0 Å². The summed E-state index contributed by atoms with van der Waals surface area (Å²) in [5.74, 6) is -1.27. The van der Waals surface area contributed by atoms with Crippen molar-refractivity contribution in [2.75, 3.05) is 18.5 Å². The number of nitrogens with one attached hydrogen (secondary N) is 1. The number of benzene rings is 1. The molecule has 6 nitrogen and oxygen atoms in total. The highest BCUT2D eigenvalue weighted by Gasteiger charge is 2.44. The first-order chi connectivity index (χ1) is 9.75. The van der Waals surface area contributed by atoms with Crippen LogP contribution < -0.4 is 11.1 Å². The monoisotopic (exact) mass is 292 g/mol. The van der Waals surface area contributed by atoms with Gasteiger partial charge in [0.25, 0.3) is 0 Å². The Balaban J connectivity index is 2.28. The van der Waals surface area contributed by atoms with Gasteiger partial charge in [-0.2, -0.15) is 0 Å². The molecule has 1 aromatic rings. The molecule has 0 saturated carbocycles. The van der Waals surface area contributed by atoms with E-state index in [0.717, 1.165) is 5.56 Å². The van der Waals surface area contributed by atoms with Crippen LogP contribution in [-0.2, 0) is 9.53 Å². The normalized spacial score (nSPS) is 24.9. The van der Waals surface area contributed by atoms with Crippen molar-refractivity contribution in [3.63, 3.8) is 0 Å². The second kappa shape index (κ2) is 5.46. The van der Waals surface area contributed by atoms with E-state index in [1.165, 1.54) is 6.07 Å². The van der Waals surface area contributed by atoms with Crippen molar-refractivity contribution >= 4 is 17.6 Å². The van der Waals surface area contributed by atoms with E-state index in [0.29, 0.717) is 17.9 Å². The van der Waals surface area contributed by atoms with Crippen LogP contribution in [0.2, 0.25) is 0 Å². The van der Waals surface area contributed by atoms with Crippen molar-refractivity contribution in [1.29, 1.82) is 0 Å². The number of rotatable bonds is 3. The van der Waals surface area contributed by atoms with Gasteiger partial charge in [-0.3, -0.25) is 4.79 Å². The van der Waals surface area contributed by atoms with Gasteiger partial charge in [0.2, 0.25) is 5.91 Å². The van der Waals surface area contributed by atoms with E-state index in [2.05, 4.69) is 5.32 Å². The Labute approximate surface area is 123 Å². The van der Waals surface area contributed by atoms with E-state index in [-0.39, 0.29) is 24.1 Å². The number of carbonyl (C=O) groups excluding carboxylic acids is 1. The molecule has 114 valence electrons. The van der Waals surface area contributed by atoms with E-state index in [1.807, 2.05) is 6.92 Å². The average molecular weight is 292 g/mol. The fourth-order valence-electron chi connectivity index (χ4n) is 2.35. The maximum atomic E-state index is 12.4. The van der Waals surface area contributed by atoms with Crippen LogP contribution in [0.3, 0.4) is 0 Å². The first-order valence-electron chi connectivity index (χ1n) is 6.75. The average Bonchev–Trinajstić information content (AvgIpc) is 2.74. The van der Waals surface area contributed by atoms with Crippen LogP contribution in [0.5, 0.6) is 0 Å². The molecule has 1 heterocycles. The van der Waals surface area contributed by atoms with Crippen LogP contribution in [0.15, 0.2) is 12.1 Å². The molecule has 6 heteroatoms. The smallest absolute Gasteiger partial charge is 0.336 e. The lowest BCUT2D eigenvalue weighted by Gasteiger charge is -2.25. The number of ether oxygens (including phenoxy) is 1. The van der Waals surface area contributed by atoms with Gasteiger partial charge in [0.15, 0.2) is 0 Å². The lowest BCUT2D eigenvalue weighted by atomic mass is 9.84. The number of anilines is 1. The fraction of sp³-hybridized carbons (Fsp3) is 0.467. The number of carboxylic acids is 1. The summed E-state index contributed by atoms with van der Waals surface area (Å²) in [5.41, 5.74) is 7.25. The van der Waals surface area contributed by atoms with Gasteiger partial charge < -0.3 is 20.9 Å². The molecule has 0 aromatic heterocycles. The number of carboxylic acid groups (broad SMARTS) is 1. The zero-order valence-electron chi connectivity index (χ0n) is 12.4. The summed E-state index contributed by atoms with van der Waals surface area (Å²) in [6.07, 6.45) is 0. The number of amides is 1. The van der Waals surface area contributed by atoms with Crippen LogP contribution in [-0.4, -0.2) is 36.2 Å². The standard InChI is InChI=1S/C15H20N2O4/c1-8-4-10(5-11(9(8)2)13(18)19)17-14(20)15(3)7-21-6-12(15)16/h4-5,12H,6-7,16H2,1-3H3,(H,17,20)(H,18,19). The number of hydrogen-bond acceptors (Lipinski definition) is 4. The van der Waals surface area contributed by atoms with Crippen molar-refractivity contribution in [1.82, 2.24) is 0 Å². The fourth-order valence-corrected chi connectivity index (χ4v) is 2.35. The molecule has 2 unspecified atom stereocenters. The van der Waals surface area contributed by atoms with Gasteiger partial charge in [0.05, 0.1) is 24.2 Å². The molecule has 1 aliphatic heterocycles. The molecule has 0 bridgehead atoms. The minimum Gasteiger partial charge on any atom is -0.478 e. The lowest BCUT2D eigenvalue weighted by molar-refractivity contribution is -0.125.